The fourth-order valence-electron chi connectivity index (χ4n) is 3.30. The summed E-state index contributed by atoms with van der Waals surface area (Å²) in [6.45, 7) is 4.06. The molecule has 4 aromatic rings. The second kappa shape index (κ2) is 7.80. The van der Waals surface area contributed by atoms with Crippen LogP contribution < -0.4 is 10.1 Å². The molecule has 0 spiro atoms. The van der Waals surface area contributed by atoms with Gasteiger partial charge >= 0.3 is 0 Å². The summed E-state index contributed by atoms with van der Waals surface area (Å²) < 4.78 is 32.3. The van der Waals surface area contributed by atoms with Crippen LogP contribution in [0.4, 0.5) is 11.4 Å². The first-order chi connectivity index (χ1) is 14.4. The number of aryl methyl sites for hydroxylation is 2. The molecule has 0 aliphatic carbocycles. The van der Waals surface area contributed by atoms with Crippen LogP contribution in [0.1, 0.15) is 11.1 Å². The van der Waals surface area contributed by atoms with Crippen LogP contribution >= 0.6 is 0 Å². The molecule has 1 heterocycles. The molecule has 152 valence electrons. The highest BCUT2D eigenvalue weighted by Crippen LogP contribution is 2.36. The van der Waals surface area contributed by atoms with E-state index in [9.17, 15) is 8.42 Å². The molecule has 3 aromatic carbocycles. The number of sulfone groups is 1. The number of benzene rings is 3. The molecule has 5 nitrogen and oxygen atoms in total. The van der Waals surface area contributed by atoms with Crippen molar-refractivity contribution in [3.8, 4) is 5.75 Å². The molecule has 0 saturated carbocycles. The first-order valence-corrected chi connectivity index (χ1v) is 11.0. The predicted molar refractivity (Wildman–Crippen MR) is 119 cm³/mol. The molecule has 1 aromatic heterocycles. The van der Waals surface area contributed by atoms with Gasteiger partial charge in [-0.3, -0.25) is 4.98 Å². The summed E-state index contributed by atoms with van der Waals surface area (Å²) in [5.41, 5.74) is 4.24. The lowest BCUT2D eigenvalue weighted by Crippen LogP contribution is -2.07. The van der Waals surface area contributed by atoms with Crippen molar-refractivity contribution in [2.75, 3.05) is 12.4 Å². The molecule has 0 bridgehead atoms. The van der Waals surface area contributed by atoms with Crippen molar-refractivity contribution in [1.82, 2.24) is 4.98 Å². The Morgan fingerprint density at radius 2 is 1.67 bits per heavy atom. The smallest absolute Gasteiger partial charge is 0.210 e. The summed E-state index contributed by atoms with van der Waals surface area (Å²) in [5, 5.41) is 4.01. The molecule has 1 N–H and O–H groups in total. The summed E-state index contributed by atoms with van der Waals surface area (Å²) in [7, 11) is -2.21. The lowest BCUT2D eigenvalue weighted by atomic mass is 10.1. The van der Waals surface area contributed by atoms with Crippen molar-refractivity contribution < 1.29 is 13.2 Å². The van der Waals surface area contributed by atoms with Crippen LogP contribution in [0, 0.1) is 13.8 Å². The lowest BCUT2D eigenvalue weighted by Gasteiger charge is -2.16. The van der Waals surface area contributed by atoms with Crippen molar-refractivity contribution in [3.05, 3.63) is 84.1 Å². The topological polar surface area (TPSA) is 68.3 Å². The fraction of sp³-hybridized carbons (Fsp3) is 0.125. The molecule has 0 amide bonds. The zero-order chi connectivity index (χ0) is 21.3. The molecular formula is C24H22N2O3S. The number of rotatable bonds is 5. The van der Waals surface area contributed by atoms with Crippen molar-refractivity contribution in [2.24, 2.45) is 0 Å². The number of anilines is 2. The van der Waals surface area contributed by atoms with Crippen molar-refractivity contribution in [2.45, 2.75) is 23.6 Å². The highest BCUT2D eigenvalue weighted by molar-refractivity contribution is 7.91. The van der Waals surface area contributed by atoms with E-state index < -0.39 is 9.84 Å². The molecule has 0 saturated heterocycles. The number of hydrogen-bond donors (Lipinski definition) is 1. The highest BCUT2D eigenvalue weighted by atomic mass is 32.2. The normalized spacial score (nSPS) is 11.4. The molecule has 0 fully saturated rings. The van der Waals surface area contributed by atoms with Crippen molar-refractivity contribution in [3.63, 3.8) is 0 Å². The van der Waals surface area contributed by atoms with Gasteiger partial charge in [-0.1, -0.05) is 24.3 Å². The Morgan fingerprint density at radius 1 is 0.900 bits per heavy atom. The fourth-order valence-corrected chi connectivity index (χ4v) is 4.69. The monoisotopic (exact) mass is 418 g/mol. The lowest BCUT2D eigenvalue weighted by molar-refractivity contribution is 0.415. The number of nitrogens with zero attached hydrogens (tertiary/aromatic N) is 1. The zero-order valence-corrected chi connectivity index (χ0v) is 17.8. The summed E-state index contributed by atoms with van der Waals surface area (Å²) >= 11 is 0. The quantitative estimate of drug-likeness (QED) is 0.468. The Bertz CT molecular complexity index is 1330. The van der Waals surface area contributed by atoms with Crippen LogP contribution in [0.2, 0.25) is 0 Å². The minimum Gasteiger partial charge on any atom is -0.497 e. The Hall–Kier alpha value is -3.38. The van der Waals surface area contributed by atoms with Crippen LogP contribution in [0.15, 0.2) is 82.7 Å². The molecule has 30 heavy (non-hydrogen) atoms. The Morgan fingerprint density at radius 3 is 2.37 bits per heavy atom. The first-order valence-electron chi connectivity index (χ1n) is 9.51. The second-order valence-corrected chi connectivity index (χ2v) is 9.04. The van der Waals surface area contributed by atoms with Gasteiger partial charge < -0.3 is 10.1 Å². The third-order valence-corrected chi connectivity index (χ3v) is 6.94. The van der Waals surface area contributed by atoms with Gasteiger partial charge in [0, 0.05) is 17.3 Å². The number of methoxy groups -OCH3 is 1. The maximum atomic E-state index is 13.5. The summed E-state index contributed by atoms with van der Waals surface area (Å²) in [6.07, 6.45) is 1.42. The second-order valence-electron chi connectivity index (χ2n) is 7.12. The minimum atomic E-state index is -3.78. The van der Waals surface area contributed by atoms with E-state index in [1.54, 1.807) is 49.6 Å². The Labute approximate surface area is 176 Å². The van der Waals surface area contributed by atoms with E-state index in [2.05, 4.69) is 10.3 Å². The van der Waals surface area contributed by atoms with E-state index in [-0.39, 0.29) is 9.79 Å². The van der Waals surface area contributed by atoms with E-state index in [0.717, 1.165) is 11.3 Å². The van der Waals surface area contributed by atoms with Gasteiger partial charge in [-0.25, -0.2) is 8.42 Å². The van der Waals surface area contributed by atoms with Crippen LogP contribution in [0.3, 0.4) is 0 Å². The number of aromatic nitrogens is 1. The van der Waals surface area contributed by atoms with E-state index in [0.29, 0.717) is 22.3 Å². The van der Waals surface area contributed by atoms with Gasteiger partial charge in [-0.05, 0) is 67.4 Å². The van der Waals surface area contributed by atoms with Crippen LogP contribution in [-0.4, -0.2) is 20.5 Å². The average molecular weight is 419 g/mol. The molecule has 0 atom stereocenters. The third-order valence-electron chi connectivity index (χ3n) is 5.16. The van der Waals surface area contributed by atoms with Gasteiger partial charge in [-0.15, -0.1) is 0 Å². The minimum absolute atomic E-state index is 0.118. The van der Waals surface area contributed by atoms with Gasteiger partial charge in [0.15, 0.2) is 0 Å². The number of nitrogens with one attached hydrogen (secondary N) is 1. The number of pyridine rings is 1. The molecule has 0 unspecified atom stereocenters. The number of ether oxygens (including phenoxy) is 1. The van der Waals surface area contributed by atoms with Crippen LogP contribution in [-0.2, 0) is 9.84 Å². The standard InChI is InChI=1S/C24H22N2O3S/c1-16-9-10-18(13-17(16)2)26-24-21-14-19(29-3)11-12-22(21)25-15-23(24)30(27,28)20-7-5-4-6-8-20/h4-15H,1-3H3,(H,25,26). The van der Waals surface area contributed by atoms with Gasteiger partial charge in [0.1, 0.15) is 10.6 Å². The summed E-state index contributed by atoms with van der Waals surface area (Å²) in [4.78, 5) is 4.75. The Kier molecular flexibility index (Phi) is 5.18. The largest absolute Gasteiger partial charge is 0.497 e. The summed E-state index contributed by atoms with van der Waals surface area (Å²) in [5.74, 6) is 0.627. The van der Waals surface area contributed by atoms with E-state index in [1.165, 1.54) is 11.8 Å². The molecule has 0 aliphatic rings. The number of hydrogen-bond acceptors (Lipinski definition) is 5. The highest BCUT2D eigenvalue weighted by Gasteiger charge is 2.24. The third kappa shape index (κ3) is 3.62. The number of fused-ring (bicyclic) bond motifs is 1. The maximum Gasteiger partial charge on any atom is 0.210 e. The van der Waals surface area contributed by atoms with Gasteiger partial charge in [-0.2, -0.15) is 0 Å². The van der Waals surface area contributed by atoms with Crippen molar-refractivity contribution in [1.29, 1.82) is 0 Å². The summed E-state index contributed by atoms with van der Waals surface area (Å²) in [6, 6.07) is 19.8. The van der Waals surface area contributed by atoms with E-state index >= 15 is 0 Å². The zero-order valence-electron chi connectivity index (χ0n) is 17.0. The van der Waals surface area contributed by atoms with Gasteiger partial charge in [0.2, 0.25) is 9.84 Å². The first kappa shape index (κ1) is 19.9. The van der Waals surface area contributed by atoms with Gasteiger partial charge in [0.05, 0.1) is 23.2 Å². The van der Waals surface area contributed by atoms with Gasteiger partial charge in [0.25, 0.3) is 0 Å². The Balaban J connectivity index is 1.98. The van der Waals surface area contributed by atoms with E-state index in [4.69, 9.17) is 4.74 Å². The molecule has 6 heteroatoms. The molecular weight excluding hydrogens is 396 g/mol. The molecule has 0 radical (unpaired) electrons. The molecule has 4 rings (SSSR count). The maximum absolute atomic E-state index is 13.5. The van der Waals surface area contributed by atoms with E-state index in [1.807, 2.05) is 38.1 Å². The van der Waals surface area contributed by atoms with Crippen molar-refractivity contribution >= 4 is 32.1 Å². The SMILES string of the molecule is COc1ccc2ncc(S(=O)(=O)c3ccccc3)c(Nc3ccc(C)c(C)c3)c2c1. The average Bonchev–Trinajstić information content (AvgIpc) is 2.76. The predicted octanol–water partition coefficient (Wildman–Crippen LogP) is 5.44. The van der Waals surface area contributed by atoms with Crippen LogP contribution in [0.25, 0.3) is 10.9 Å². The molecule has 0 aliphatic heterocycles. The van der Waals surface area contributed by atoms with Crippen LogP contribution in [0.5, 0.6) is 5.75 Å².